The van der Waals surface area contributed by atoms with E-state index < -0.39 is 24.6 Å². The number of carboxylic acids is 1. The lowest BCUT2D eigenvalue weighted by Gasteiger charge is -2.36. The molecule has 0 aromatic rings. The number of fused-ring (bicyclic) bond motifs is 1. The summed E-state index contributed by atoms with van der Waals surface area (Å²) in [6, 6.07) is -2.07. The summed E-state index contributed by atoms with van der Waals surface area (Å²) in [6.45, 7) is 0.923. The van der Waals surface area contributed by atoms with Crippen LogP contribution in [0.4, 0.5) is 9.59 Å². The minimum absolute atomic E-state index is 0.0793. The third kappa shape index (κ3) is 2.70. The Hall–Kier alpha value is -2.03. The lowest BCUT2D eigenvalue weighted by Crippen LogP contribution is -2.58. The predicted molar refractivity (Wildman–Crippen MR) is 62.5 cm³/mol. The number of nitrogens with one attached hydrogen (secondary N) is 2. The first-order chi connectivity index (χ1) is 9.02. The van der Waals surface area contributed by atoms with Crippen molar-refractivity contribution in [3.63, 3.8) is 0 Å². The van der Waals surface area contributed by atoms with Crippen molar-refractivity contribution in [3.8, 4) is 0 Å². The van der Waals surface area contributed by atoms with Crippen LogP contribution in [0.15, 0.2) is 0 Å². The fourth-order valence-corrected chi connectivity index (χ4v) is 2.21. The van der Waals surface area contributed by atoms with Gasteiger partial charge in [0.1, 0.15) is 0 Å². The topological polar surface area (TPSA) is 122 Å². The molecule has 2 aliphatic rings. The molecule has 0 saturated carbocycles. The number of piperazine rings is 1. The molecule has 0 bridgehead atoms. The Kier molecular flexibility index (Phi) is 3.74. The van der Waals surface area contributed by atoms with E-state index in [-0.39, 0.29) is 12.1 Å². The van der Waals surface area contributed by atoms with Crippen LogP contribution < -0.4 is 10.6 Å². The van der Waals surface area contributed by atoms with Crippen LogP contribution >= 0.6 is 0 Å². The molecular weight excluding hydrogens is 256 g/mol. The minimum atomic E-state index is -1.31. The Morgan fingerprint density at radius 1 is 1.47 bits per heavy atom. The summed E-state index contributed by atoms with van der Waals surface area (Å²) in [6.07, 6.45) is 0. The van der Waals surface area contributed by atoms with Gasteiger partial charge in [0.05, 0.1) is 12.6 Å². The quantitative estimate of drug-likeness (QED) is 0.466. The second kappa shape index (κ2) is 5.31. The number of amides is 4. The van der Waals surface area contributed by atoms with Gasteiger partial charge in [-0.05, 0) is 0 Å². The number of carboxylic acid groups (broad SMARTS) is 1. The molecule has 0 aliphatic carbocycles. The number of hydrogen-bond acceptors (Lipinski definition) is 4. The third-order valence-corrected chi connectivity index (χ3v) is 3.30. The van der Waals surface area contributed by atoms with Gasteiger partial charge in [-0.2, -0.15) is 0 Å². The Labute approximate surface area is 109 Å². The zero-order valence-corrected chi connectivity index (χ0v) is 10.2. The van der Waals surface area contributed by atoms with Crippen LogP contribution in [0, 0.1) is 0 Å². The maximum Gasteiger partial charge on any atom is 0.328 e. The largest absolute Gasteiger partial charge is 0.480 e. The molecule has 2 saturated heterocycles. The zero-order valence-electron chi connectivity index (χ0n) is 10.2. The summed E-state index contributed by atoms with van der Waals surface area (Å²) in [5.74, 6) is -1.29. The highest BCUT2D eigenvalue weighted by molar-refractivity contribution is 5.83. The van der Waals surface area contributed by atoms with Gasteiger partial charge in [-0.15, -0.1) is 0 Å². The van der Waals surface area contributed by atoms with Gasteiger partial charge in [-0.25, -0.2) is 14.4 Å². The molecule has 106 valence electrons. The molecule has 0 aromatic carbocycles. The van der Waals surface area contributed by atoms with Crippen molar-refractivity contribution in [2.45, 2.75) is 12.1 Å². The van der Waals surface area contributed by atoms with Gasteiger partial charge < -0.3 is 30.6 Å². The van der Waals surface area contributed by atoms with E-state index in [2.05, 4.69) is 10.6 Å². The number of aliphatic carboxylic acids is 1. The highest BCUT2D eigenvalue weighted by Gasteiger charge is 2.37. The van der Waals surface area contributed by atoms with E-state index in [1.165, 1.54) is 4.90 Å². The molecule has 0 aromatic heterocycles. The molecule has 0 radical (unpaired) electrons. The molecule has 2 fully saturated rings. The van der Waals surface area contributed by atoms with E-state index >= 15 is 0 Å². The van der Waals surface area contributed by atoms with Gasteiger partial charge in [0.2, 0.25) is 0 Å². The smallest absolute Gasteiger partial charge is 0.328 e. The van der Waals surface area contributed by atoms with Gasteiger partial charge in [0.15, 0.2) is 6.04 Å². The predicted octanol–water partition coefficient (Wildman–Crippen LogP) is -2.15. The molecular formula is C10H16N4O5. The van der Waals surface area contributed by atoms with E-state index in [4.69, 9.17) is 10.2 Å². The van der Waals surface area contributed by atoms with Crippen molar-refractivity contribution in [3.05, 3.63) is 0 Å². The van der Waals surface area contributed by atoms with Crippen LogP contribution in [0.25, 0.3) is 0 Å². The highest BCUT2D eigenvalue weighted by Crippen LogP contribution is 2.14. The zero-order chi connectivity index (χ0) is 14.0. The standard InChI is InChI=1S/C10H16N4O5/c15-5-7(8(16)17)12-10(19)13-1-2-14-6(4-13)3-11-9(14)18/h6-7,15H,1-5H2,(H,11,18)(H,12,19)(H,16,17)/t6?,7-/m0/s1. The van der Waals surface area contributed by atoms with Gasteiger partial charge in [-0.3, -0.25) is 0 Å². The third-order valence-electron chi connectivity index (χ3n) is 3.30. The Morgan fingerprint density at radius 2 is 2.21 bits per heavy atom. The van der Waals surface area contributed by atoms with Crippen molar-refractivity contribution in [1.82, 2.24) is 20.4 Å². The van der Waals surface area contributed by atoms with E-state index in [1.807, 2.05) is 0 Å². The van der Waals surface area contributed by atoms with Crippen molar-refractivity contribution in [2.24, 2.45) is 0 Å². The second-order valence-electron chi connectivity index (χ2n) is 4.50. The highest BCUT2D eigenvalue weighted by atomic mass is 16.4. The lowest BCUT2D eigenvalue weighted by molar-refractivity contribution is -0.140. The van der Waals surface area contributed by atoms with Crippen LogP contribution in [0.3, 0.4) is 0 Å². The van der Waals surface area contributed by atoms with Crippen LogP contribution in [0.5, 0.6) is 0 Å². The van der Waals surface area contributed by atoms with Crippen molar-refractivity contribution >= 4 is 18.0 Å². The fourth-order valence-electron chi connectivity index (χ4n) is 2.21. The molecule has 9 nitrogen and oxygen atoms in total. The summed E-state index contributed by atoms with van der Waals surface area (Å²) in [5, 5.41) is 22.5. The molecule has 2 rings (SSSR count). The number of nitrogens with zero attached hydrogens (tertiary/aromatic N) is 2. The molecule has 2 heterocycles. The van der Waals surface area contributed by atoms with Gasteiger partial charge >= 0.3 is 18.0 Å². The minimum Gasteiger partial charge on any atom is -0.480 e. The Bertz CT molecular complexity index is 401. The molecule has 4 amide bonds. The maximum absolute atomic E-state index is 11.9. The average Bonchev–Trinajstić information content (AvgIpc) is 2.76. The molecule has 2 atom stereocenters. The number of carbonyl (C=O) groups excluding carboxylic acids is 2. The summed E-state index contributed by atoms with van der Waals surface area (Å²) < 4.78 is 0. The van der Waals surface area contributed by atoms with E-state index in [9.17, 15) is 14.4 Å². The number of urea groups is 2. The van der Waals surface area contributed by atoms with E-state index in [1.54, 1.807) is 4.90 Å². The van der Waals surface area contributed by atoms with E-state index in [0.29, 0.717) is 26.2 Å². The van der Waals surface area contributed by atoms with Gasteiger partial charge in [0.25, 0.3) is 0 Å². The first-order valence-corrected chi connectivity index (χ1v) is 5.96. The summed E-state index contributed by atoms with van der Waals surface area (Å²) in [7, 11) is 0. The van der Waals surface area contributed by atoms with Crippen LogP contribution in [0.1, 0.15) is 0 Å². The van der Waals surface area contributed by atoms with Crippen molar-refractivity contribution in [2.75, 3.05) is 32.8 Å². The number of aliphatic hydroxyl groups is 1. The van der Waals surface area contributed by atoms with Crippen molar-refractivity contribution < 1.29 is 24.6 Å². The van der Waals surface area contributed by atoms with Crippen LogP contribution in [-0.4, -0.2) is 82.9 Å². The first kappa shape index (κ1) is 13.4. The monoisotopic (exact) mass is 272 g/mol. The van der Waals surface area contributed by atoms with E-state index in [0.717, 1.165) is 0 Å². The fraction of sp³-hybridized carbons (Fsp3) is 0.700. The summed E-state index contributed by atoms with van der Waals surface area (Å²) >= 11 is 0. The first-order valence-electron chi connectivity index (χ1n) is 5.96. The molecule has 1 unspecified atom stereocenters. The average molecular weight is 272 g/mol. The molecule has 2 aliphatic heterocycles. The number of hydrogen-bond donors (Lipinski definition) is 4. The summed E-state index contributed by atoms with van der Waals surface area (Å²) in [4.78, 5) is 37.1. The van der Waals surface area contributed by atoms with Crippen LogP contribution in [-0.2, 0) is 4.79 Å². The molecule has 9 heteroatoms. The van der Waals surface area contributed by atoms with Gasteiger partial charge in [0, 0.05) is 26.2 Å². The number of carbonyl (C=O) groups is 3. The molecule has 19 heavy (non-hydrogen) atoms. The number of rotatable bonds is 3. The summed E-state index contributed by atoms with van der Waals surface area (Å²) in [5.41, 5.74) is 0. The van der Waals surface area contributed by atoms with Gasteiger partial charge in [-0.1, -0.05) is 0 Å². The second-order valence-corrected chi connectivity index (χ2v) is 4.50. The Morgan fingerprint density at radius 3 is 2.84 bits per heavy atom. The normalized spacial score (nSPS) is 23.6. The molecule has 4 N–H and O–H groups in total. The SMILES string of the molecule is O=C(O)[C@H](CO)NC(=O)N1CCN2C(=O)NCC2C1. The Balaban J connectivity index is 1.91. The maximum atomic E-state index is 11.9. The lowest BCUT2D eigenvalue weighted by atomic mass is 10.2. The van der Waals surface area contributed by atoms with Crippen molar-refractivity contribution in [1.29, 1.82) is 0 Å². The molecule has 0 spiro atoms. The number of aliphatic hydroxyl groups excluding tert-OH is 1. The van der Waals surface area contributed by atoms with Crippen LogP contribution in [0.2, 0.25) is 0 Å².